The van der Waals surface area contributed by atoms with Gasteiger partial charge in [-0.3, -0.25) is 0 Å². The van der Waals surface area contributed by atoms with Crippen molar-refractivity contribution in [2.24, 2.45) is 7.05 Å². The number of aryl methyl sites for hydroxylation is 1. The molecule has 0 saturated heterocycles. The number of hydrogen-bond donors (Lipinski definition) is 1. The summed E-state index contributed by atoms with van der Waals surface area (Å²) in [6.07, 6.45) is 2.57. The maximum absolute atomic E-state index is 6.33. The number of hydrogen-bond acceptors (Lipinski definition) is 2. The van der Waals surface area contributed by atoms with E-state index in [-0.39, 0.29) is 0 Å². The molecule has 0 bridgehead atoms. The van der Waals surface area contributed by atoms with Crippen molar-refractivity contribution < 1.29 is 4.74 Å². The number of benzene rings is 1. The largest absolute Gasteiger partial charge is 0.495 e. The lowest BCUT2D eigenvalue weighted by Crippen LogP contribution is -2.17. The molecular weight excluding hydrogens is 328 g/mol. The summed E-state index contributed by atoms with van der Waals surface area (Å²) < 4.78 is 8.66. The third-order valence-electron chi connectivity index (χ3n) is 3.66. The molecule has 3 nitrogen and oxygen atoms in total. The molecule has 1 aromatic carbocycles. The summed E-state index contributed by atoms with van der Waals surface area (Å²) in [6, 6.07) is 4.48. The fraction of sp³-hybridized carbons (Fsp3) is 0.429. The molecule has 102 valence electrons. The molecule has 0 unspecified atom stereocenters. The molecule has 1 heterocycles. The van der Waals surface area contributed by atoms with Crippen molar-refractivity contribution in [2.75, 3.05) is 7.11 Å². The highest BCUT2D eigenvalue weighted by Gasteiger charge is 2.23. The number of nitrogens with one attached hydrogen (secondary N) is 1. The molecule has 0 aliphatic heterocycles. The van der Waals surface area contributed by atoms with Crippen molar-refractivity contribution in [1.29, 1.82) is 0 Å². The van der Waals surface area contributed by atoms with Gasteiger partial charge in [-0.1, -0.05) is 11.6 Å². The van der Waals surface area contributed by atoms with Crippen molar-refractivity contribution in [3.63, 3.8) is 0 Å². The van der Waals surface area contributed by atoms with Crippen LogP contribution in [0, 0.1) is 0 Å². The minimum Gasteiger partial charge on any atom is -0.495 e. The van der Waals surface area contributed by atoms with E-state index in [4.69, 9.17) is 16.3 Å². The van der Waals surface area contributed by atoms with Crippen LogP contribution in [0.4, 0.5) is 0 Å². The van der Waals surface area contributed by atoms with Gasteiger partial charge in [0.05, 0.1) is 17.6 Å². The van der Waals surface area contributed by atoms with Gasteiger partial charge in [0.15, 0.2) is 0 Å². The normalized spacial score (nSPS) is 15.2. The Morgan fingerprint density at radius 2 is 2.21 bits per heavy atom. The summed E-state index contributed by atoms with van der Waals surface area (Å²) in [5.41, 5.74) is 2.24. The van der Waals surface area contributed by atoms with Crippen molar-refractivity contribution in [1.82, 2.24) is 9.88 Å². The first-order valence-electron chi connectivity index (χ1n) is 6.36. The Kier molecular flexibility index (Phi) is 3.50. The van der Waals surface area contributed by atoms with Gasteiger partial charge >= 0.3 is 0 Å². The van der Waals surface area contributed by atoms with Crippen LogP contribution in [0.2, 0.25) is 5.02 Å². The van der Waals surface area contributed by atoms with E-state index in [9.17, 15) is 0 Å². The number of ether oxygens (including phenoxy) is 1. The summed E-state index contributed by atoms with van der Waals surface area (Å²) in [6.45, 7) is 0.843. The van der Waals surface area contributed by atoms with Gasteiger partial charge in [0.25, 0.3) is 0 Å². The molecule has 1 aliphatic rings. The molecule has 1 N–H and O–H groups in total. The molecule has 0 atom stereocenters. The lowest BCUT2D eigenvalue weighted by Gasteiger charge is -2.08. The first-order valence-corrected chi connectivity index (χ1v) is 7.53. The molecule has 1 aromatic heterocycles. The van der Waals surface area contributed by atoms with E-state index in [1.165, 1.54) is 18.5 Å². The van der Waals surface area contributed by atoms with Crippen LogP contribution in [0.5, 0.6) is 5.75 Å². The van der Waals surface area contributed by atoms with E-state index in [0.29, 0.717) is 6.04 Å². The van der Waals surface area contributed by atoms with Crippen LogP contribution in [0.3, 0.4) is 0 Å². The zero-order chi connectivity index (χ0) is 13.6. The van der Waals surface area contributed by atoms with Crippen molar-refractivity contribution in [3.05, 3.63) is 27.3 Å². The van der Waals surface area contributed by atoms with Crippen LogP contribution in [-0.2, 0) is 13.6 Å². The molecule has 1 aliphatic carbocycles. The van der Waals surface area contributed by atoms with Crippen LogP contribution in [0.1, 0.15) is 18.5 Å². The van der Waals surface area contributed by atoms with Gasteiger partial charge < -0.3 is 14.6 Å². The Bertz CT molecular complexity index is 634. The highest BCUT2D eigenvalue weighted by molar-refractivity contribution is 9.10. The van der Waals surface area contributed by atoms with E-state index >= 15 is 0 Å². The number of rotatable bonds is 4. The number of halogens is 2. The molecule has 0 spiro atoms. The van der Waals surface area contributed by atoms with Gasteiger partial charge in [0.1, 0.15) is 5.75 Å². The van der Waals surface area contributed by atoms with Crippen molar-refractivity contribution in [2.45, 2.75) is 25.4 Å². The fourth-order valence-electron chi connectivity index (χ4n) is 2.41. The molecule has 5 heteroatoms. The predicted molar refractivity (Wildman–Crippen MR) is 82.0 cm³/mol. The zero-order valence-corrected chi connectivity index (χ0v) is 13.3. The van der Waals surface area contributed by atoms with Gasteiger partial charge in [0.2, 0.25) is 0 Å². The Labute approximate surface area is 126 Å². The van der Waals surface area contributed by atoms with Crippen molar-refractivity contribution >= 4 is 38.4 Å². The monoisotopic (exact) mass is 342 g/mol. The highest BCUT2D eigenvalue weighted by atomic mass is 79.9. The average Bonchev–Trinajstić information content (AvgIpc) is 3.18. The molecule has 2 aromatic rings. The summed E-state index contributed by atoms with van der Waals surface area (Å²) in [7, 11) is 3.74. The summed E-state index contributed by atoms with van der Waals surface area (Å²) in [5, 5.41) is 5.31. The van der Waals surface area contributed by atoms with Crippen LogP contribution in [0.15, 0.2) is 16.6 Å². The Balaban J connectivity index is 2.13. The Morgan fingerprint density at radius 3 is 2.84 bits per heavy atom. The fourth-order valence-corrected chi connectivity index (χ4v) is 3.57. The third kappa shape index (κ3) is 2.26. The van der Waals surface area contributed by atoms with Crippen LogP contribution < -0.4 is 10.1 Å². The minimum atomic E-state index is 0.683. The zero-order valence-electron chi connectivity index (χ0n) is 11.0. The second kappa shape index (κ2) is 5.00. The van der Waals surface area contributed by atoms with E-state index < -0.39 is 0 Å². The minimum absolute atomic E-state index is 0.683. The van der Waals surface area contributed by atoms with Crippen molar-refractivity contribution in [3.8, 4) is 5.75 Å². The lowest BCUT2D eigenvalue weighted by atomic mass is 10.2. The van der Waals surface area contributed by atoms with Crippen LogP contribution in [0.25, 0.3) is 10.9 Å². The van der Waals surface area contributed by atoms with Crippen LogP contribution >= 0.6 is 27.5 Å². The number of aromatic nitrogens is 1. The Morgan fingerprint density at radius 1 is 1.47 bits per heavy atom. The molecule has 3 rings (SSSR count). The van der Waals surface area contributed by atoms with Gasteiger partial charge in [0, 0.05) is 35.2 Å². The van der Waals surface area contributed by atoms with Gasteiger partial charge in [-0.15, -0.1) is 0 Å². The lowest BCUT2D eigenvalue weighted by molar-refractivity contribution is 0.417. The number of fused-ring (bicyclic) bond motifs is 1. The highest BCUT2D eigenvalue weighted by Crippen LogP contribution is 2.40. The average molecular weight is 344 g/mol. The van der Waals surface area contributed by atoms with E-state index in [1.54, 1.807) is 7.11 Å². The molecule has 0 radical (unpaired) electrons. The van der Waals surface area contributed by atoms with E-state index in [0.717, 1.165) is 32.7 Å². The second-order valence-electron chi connectivity index (χ2n) is 4.95. The van der Waals surface area contributed by atoms with Gasteiger partial charge in [-0.05, 0) is 40.9 Å². The molecule has 1 saturated carbocycles. The predicted octanol–water partition coefficient (Wildman–Crippen LogP) is 3.85. The van der Waals surface area contributed by atoms with E-state index in [1.807, 2.05) is 12.1 Å². The third-order valence-corrected chi connectivity index (χ3v) is 4.83. The molecular formula is C14H16BrClN2O. The van der Waals surface area contributed by atoms with Crippen LogP contribution in [-0.4, -0.2) is 17.7 Å². The first kappa shape index (κ1) is 13.3. The summed E-state index contributed by atoms with van der Waals surface area (Å²) in [5.74, 6) is 0.847. The maximum Gasteiger partial charge on any atom is 0.143 e. The SMILES string of the molecule is COc1ccc(Cl)c2c(Br)c(CNC3CC3)n(C)c12. The van der Waals surface area contributed by atoms with Gasteiger partial charge in [-0.2, -0.15) is 0 Å². The molecule has 0 amide bonds. The number of methoxy groups -OCH3 is 1. The van der Waals surface area contributed by atoms with Gasteiger partial charge in [-0.25, -0.2) is 0 Å². The molecule has 19 heavy (non-hydrogen) atoms. The summed E-state index contributed by atoms with van der Waals surface area (Å²) in [4.78, 5) is 0. The quantitative estimate of drug-likeness (QED) is 0.912. The van der Waals surface area contributed by atoms with E-state index in [2.05, 4.69) is 32.9 Å². The topological polar surface area (TPSA) is 26.2 Å². The Hall–Kier alpha value is -0.710. The molecule has 1 fully saturated rings. The first-order chi connectivity index (χ1) is 9.13. The standard InChI is InChI=1S/C14H16BrClN2O/c1-18-10(7-17-8-3-4-8)13(15)12-9(16)5-6-11(19-2)14(12)18/h5-6,8,17H,3-4,7H2,1-2H3. The second-order valence-corrected chi connectivity index (χ2v) is 6.15. The smallest absolute Gasteiger partial charge is 0.143 e. The number of nitrogens with zero attached hydrogens (tertiary/aromatic N) is 1. The summed E-state index contributed by atoms with van der Waals surface area (Å²) >= 11 is 10.0. The maximum atomic E-state index is 6.33.